The van der Waals surface area contributed by atoms with E-state index in [4.69, 9.17) is 4.74 Å². The predicted molar refractivity (Wildman–Crippen MR) is 53.2 cm³/mol. The van der Waals surface area contributed by atoms with Gasteiger partial charge in [0.25, 0.3) is 0 Å². The fourth-order valence-electron chi connectivity index (χ4n) is 1.34. The molecule has 1 aromatic rings. The second kappa shape index (κ2) is 5.30. The summed E-state index contributed by atoms with van der Waals surface area (Å²) < 4.78 is 8.63. The number of hydrogen-bond donors (Lipinski definition) is 0. The van der Waals surface area contributed by atoms with Crippen LogP contribution in [0.15, 0.2) is 40.2 Å². The molecular formula is C12H12IO2+. The van der Waals surface area contributed by atoms with Crippen molar-refractivity contribution in [2.45, 2.75) is 19.3 Å². The van der Waals surface area contributed by atoms with Crippen LogP contribution in [0, 0.1) is 3.57 Å². The summed E-state index contributed by atoms with van der Waals surface area (Å²) in [6.45, 7) is 0. The van der Waals surface area contributed by atoms with Crippen molar-refractivity contribution in [3.05, 3.63) is 43.7 Å². The Balaban J connectivity index is 1.96. The molecule has 1 saturated heterocycles. The molecule has 0 amide bonds. The van der Waals surface area contributed by atoms with E-state index in [9.17, 15) is 4.79 Å². The van der Waals surface area contributed by atoms with Crippen molar-refractivity contribution in [1.29, 1.82) is 0 Å². The number of rotatable bonds is 2. The van der Waals surface area contributed by atoms with Crippen molar-refractivity contribution < 1.29 is 30.7 Å². The fraction of sp³-hybridized carbons (Fsp3) is 0.250. The number of allylic oxidation sites excluding steroid dienone is 1. The average Bonchev–Trinajstić information content (AvgIpc) is 2.28. The van der Waals surface area contributed by atoms with Crippen molar-refractivity contribution in [1.82, 2.24) is 0 Å². The van der Waals surface area contributed by atoms with Crippen LogP contribution in [0.3, 0.4) is 0 Å². The number of ether oxygens (including phenoxy) is 1. The molecule has 0 radical (unpaired) electrons. The number of carbonyl (C=O) groups is 1. The van der Waals surface area contributed by atoms with Gasteiger partial charge in [-0.25, -0.2) is 0 Å². The number of esters is 1. The number of cyclic esters (lactones) is 1. The highest BCUT2D eigenvalue weighted by Crippen LogP contribution is 2.15. The van der Waals surface area contributed by atoms with Gasteiger partial charge in [-0.2, -0.15) is 0 Å². The molecule has 1 aliphatic rings. The second-order valence-corrected chi connectivity index (χ2v) is 5.80. The summed E-state index contributed by atoms with van der Waals surface area (Å²) in [6.07, 6.45) is 2.42. The lowest BCUT2D eigenvalue weighted by molar-refractivity contribution is -0.558. The van der Waals surface area contributed by atoms with E-state index in [-0.39, 0.29) is 27.2 Å². The van der Waals surface area contributed by atoms with Crippen molar-refractivity contribution in [2.75, 3.05) is 0 Å². The van der Waals surface area contributed by atoms with Gasteiger partial charge in [-0.3, -0.25) is 4.79 Å². The van der Waals surface area contributed by atoms with E-state index in [2.05, 4.69) is 16.2 Å². The fourth-order valence-corrected chi connectivity index (χ4v) is 3.32. The maximum atomic E-state index is 11.0. The van der Waals surface area contributed by atoms with E-state index in [0.717, 1.165) is 18.6 Å². The third-order valence-electron chi connectivity index (χ3n) is 2.08. The first kappa shape index (κ1) is 10.7. The molecule has 1 fully saturated rings. The van der Waals surface area contributed by atoms with Crippen LogP contribution in [0.25, 0.3) is 0 Å². The first-order chi connectivity index (χ1) is 7.34. The van der Waals surface area contributed by atoms with Gasteiger partial charge >= 0.3 is 27.2 Å². The Labute approximate surface area is 99.6 Å². The first-order valence-electron chi connectivity index (χ1n) is 4.93. The monoisotopic (exact) mass is 315 g/mol. The molecule has 0 saturated carbocycles. The lowest BCUT2D eigenvalue weighted by Crippen LogP contribution is -3.59. The van der Waals surface area contributed by atoms with Crippen LogP contribution in [0.2, 0.25) is 0 Å². The Morgan fingerprint density at radius 1 is 1.20 bits per heavy atom. The van der Waals surface area contributed by atoms with Gasteiger partial charge in [-0.1, -0.05) is 18.2 Å². The Bertz CT molecular complexity index is 370. The minimum Gasteiger partial charge on any atom is -0.427 e. The van der Waals surface area contributed by atoms with Gasteiger partial charge in [-0.05, 0) is 18.6 Å². The van der Waals surface area contributed by atoms with E-state index in [1.54, 1.807) is 0 Å². The molecule has 78 valence electrons. The Hall–Kier alpha value is -0.840. The zero-order valence-electron chi connectivity index (χ0n) is 8.28. The summed E-state index contributed by atoms with van der Waals surface area (Å²) in [4.78, 5) is 11.0. The molecule has 1 heterocycles. The summed E-state index contributed by atoms with van der Waals surface area (Å²) >= 11 is -0.157. The smallest absolute Gasteiger partial charge is 0.353 e. The maximum absolute atomic E-state index is 11.0. The van der Waals surface area contributed by atoms with Crippen LogP contribution < -0.4 is 21.2 Å². The first-order valence-corrected chi connectivity index (χ1v) is 7.25. The summed E-state index contributed by atoms with van der Waals surface area (Å²) in [5.74, 6) is 0.799. The number of benzene rings is 1. The third kappa shape index (κ3) is 3.34. The SMILES string of the molecule is O=C1CCC/C(=C\[I+]c2ccccc2)O1. The highest BCUT2D eigenvalue weighted by Gasteiger charge is 2.18. The quantitative estimate of drug-likeness (QED) is 0.544. The van der Waals surface area contributed by atoms with E-state index in [0.29, 0.717) is 6.42 Å². The maximum Gasteiger partial charge on any atom is 0.353 e. The van der Waals surface area contributed by atoms with Crippen LogP contribution in [0.5, 0.6) is 0 Å². The third-order valence-corrected chi connectivity index (χ3v) is 4.53. The zero-order chi connectivity index (χ0) is 10.5. The molecule has 2 rings (SSSR count). The van der Waals surface area contributed by atoms with Crippen LogP contribution in [0.4, 0.5) is 0 Å². The lowest BCUT2D eigenvalue weighted by atomic mass is 10.2. The second-order valence-electron chi connectivity index (χ2n) is 3.31. The molecular weight excluding hydrogens is 303 g/mol. The van der Waals surface area contributed by atoms with Gasteiger partial charge in [-0.15, -0.1) is 0 Å². The van der Waals surface area contributed by atoms with Gasteiger partial charge in [0.15, 0.2) is 13.4 Å². The molecule has 0 spiro atoms. The molecule has 1 aromatic carbocycles. The molecule has 2 nitrogen and oxygen atoms in total. The van der Waals surface area contributed by atoms with Gasteiger partial charge in [0.1, 0.15) is 0 Å². The highest BCUT2D eigenvalue weighted by atomic mass is 127. The Morgan fingerprint density at radius 2 is 2.00 bits per heavy atom. The Kier molecular flexibility index (Phi) is 3.77. The van der Waals surface area contributed by atoms with E-state index < -0.39 is 0 Å². The van der Waals surface area contributed by atoms with Crippen molar-refractivity contribution >= 4 is 5.97 Å². The zero-order valence-corrected chi connectivity index (χ0v) is 10.4. The van der Waals surface area contributed by atoms with E-state index >= 15 is 0 Å². The van der Waals surface area contributed by atoms with Gasteiger partial charge in [0, 0.05) is 12.8 Å². The number of carbonyl (C=O) groups excluding carboxylic acids is 1. The molecule has 0 unspecified atom stereocenters. The van der Waals surface area contributed by atoms with Crippen LogP contribution >= 0.6 is 0 Å². The molecule has 3 heteroatoms. The van der Waals surface area contributed by atoms with E-state index in [1.165, 1.54) is 3.57 Å². The summed E-state index contributed by atoms with van der Waals surface area (Å²) in [7, 11) is 0. The normalized spacial score (nSPS) is 18.9. The molecule has 1 aliphatic heterocycles. The van der Waals surface area contributed by atoms with Crippen molar-refractivity contribution in [2.24, 2.45) is 0 Å². The van der Waals surface area contributed by atoms with Gasteiger partial charge in [0.2, 0.25) is 0 Å². The Morgan fingerprint density at radius 3 is 2.73 bits per heavy atom. The van der Waals surface area contributed by atoms with Crippen molar-refractivity contribution in [3.63, 3.8) is 0 Å². The molecule has 0 atom stereocenters. The number of halogens is 1. The largest absolute Gasteiger partial charge is 0.427 e. The van der Waals surface area contributed by atoms with Crippen molar-refractivity contribution in [3.8, 4) is 0 Å². The summed E-state index contributed by atoms with van der Waals surface area (Å²) in [5, 5.41) is 0. The van der Waals surface area contributed by atoms with Crippen LogP contribution in [0.1, 0.15) is 19.3 Å². The minimum atomic E-state index is -0.157. The summed E-state index contributed by atoms with van der Waals surface area (Å²) in [5.41, 5.74) is 0. The molecule has 0 bridgehead atoms. The van der Waals surface area contributed by atoms with Gasteiger partial charge in [0.05, 0.1) is 0 Å². The van der Waals surface area contributed by atoms with Gasteiger partial charge < -0.3 is 4.74 Å². The topological polar surface area (TPSA) is 26.3 Å². The predicted octanol–water partition coefficient (Wildman–Crippen LogP) is -0.486. The van der Waals surface area contributed by atoms with E-state index in [1.807, 2.05) is 18.2 Å². The molecule has 0 aromatic heterocycles. The minimum absolute atomic E-state index is 0.0791. The lowest BCUT2D eigenvalue weighted by Gasteiger charge is -2.10. The molecule has 0 N–H and O–H groups in total. The van der Waals surface area contributed by atoms with Crippen LogP contribution in [-0.2, 0) is 9.53 Å². The average molecular weight is 315 g/mol. The standard InChI is InChI=1S/C12H12IO2/c14-12-8-4-7-11(15-12)9-13-10-5-2-1-3-6-10/h1-3,5-6,9H,4,7-8H2/q+1/b11-9+. The number of hydrogen-bond acceptors (Lipinski definition) is 2. The van der Waals surface area contributed by atoms with Crippen LogP contribution in [-0.4, -0.2) is 5.97 Å². The highest BCUT2D eigenvalue weighted by molar-refractivity contribution is 5.71. The molecule has 0 aliphatic carbocycles. The molecule has 15 heavy (non-hydrogen) atoms. The summed E-state index contributed by atoms with van der Waals surface area (Å²) in [6, 6.07) is 10.3.